The van der Waals surface area contributed by atoms with E-state index in [1.807, 2.05) is 36.4 Å². The average molecular weight is 439 g/mol. The van der Waals surface area contributed by atoms with Crippen LogP contribution in [0.1, 0.15) is 6.92 Å². The van der Waals surface area contributed by atoms with Gasteiger partial charge in [-0.1, -0.05) is 35.2 Å². The van der Waals surface area contributed by atoms with E-state index in [4.69, 9.17) is 4.74 Å². The number of anilines is 1. The largest absolute Gasteiger partial charge is 0.497 e. The van der Waals surface area contributed by atoms with Gasteiger partial charge in [0.15, 0.2) is 10.3 Å². The van der Waals surface area contributed by atoms with Gasteiger partial charge in [0.05, 0.1) is 28.3 Å². The molecule has 0 saturated carbocycles. The molecule has 9 heteroatoms. The topological polar surface area (TPSA) is 97.0 Å². The second-order valence-corrected chi connectivity index (χ2v) is 8.76. The fourth-order valence-electron chi connectivity index (χ4n) is 2.75. The number of para-hydroxylation sites is 1. The Bertz CT molecular complexity index is 1220. The molecular weight excluding hydrogens is 420 g/mol. The number of hydrogen-bond acceptors (Lipinski definition) is 7. The highest BCUT2D eigenvalue weighted by atomic mass is 32.2. The Labute approximate surface area is 180 Å². The maximum Gasteiger partial charge on any atom is 0.252 e. The van der Waals surface area contributed by atoms with Crippen LogP contribution in [0.3, 0.4) is 0 Å². The van der Waals surface area contributed by atoms with Crippen LogP contribution in [-0.4, -0.2) is 33.2 Å². The molecule has 4 aromatic rings. The Balaban J connectivity index is 1.49. The van der Waals surface area contributed by atoms with E-state index in [9.17, 15) is 9.59 Å². The first kappa shape index (κ1) is 20.1. The fourth-order valence-corrected chi connectivity index (χ4v) is 4.43. The minimum absolute atomic E-state index is 0.212. The number of thiazole rings is 1. The number of methoxy groups -OCH3 is 1. The molecule has 0 spiro atoms. The molecule has 0 aliphatic heterocycles. The monoisotopic (exact) mass is 438 g/mol. The number of carbonyl (C=O) groups excluding carboxylic acids is 1. The Kier molecular flexibility index (Phi) is 5.82. The van der Waals surface area contributed by atoms with Gasteiger partial charge in [-0.15, -0.1) is 0 Å². The van der Waals surface area contributed by atoms with Crippen LogP contribution in [0.25, 0.3) is 21.5 Å². The van der Waals surface area contributed by atoms with E-state index in [1.165, 1.54) is 29.2 Å². The second-order valence-electron chi connectivity index (χ2n) is 6.40. The summed E-state index contributed by atoms with van der Waals surface area (Å²) in [4.78, 5) is 36.3. The molecule has 0 aliphatic carbocycles. The molecule has 1 atom stereocenters. The van der Waals surface area contributed by atoms with Crippen molar-refractivity contribution in [3.05, 3.63) is 65.0 Å². The number of ether oxygens (including phenoxy) is 1. The van der Waals surface area contributed by atoms with Gasteiger partial charge in [0.25, 0.3) is 5.56 Å². The first-order chi connectivity index (χ1) is 14.5. The summed E-state index contributed by atoms with van der Waals surface area (Å²) in [7, 11) is 1.59. The van der Waals surface area contributed by atoms with E-state index in [0.717, 1.165) is 21.5 Å². The van der Waals surface area contributed by atoms with Crippen LogP contribution >= 0.6 is 23.1 Å². The van der Waals surface area contributed by atoms with Gasteiger partial charge >= 0.3 is 0 Å². The van der Waals surface area contributed by atoms with Gasteiger partial charge < -0.3 is 15.0 Å². The zero-order chi connectivity index (χ0) is 21.1. The number of carbonyl (C=O) groups is 1. The summed E-state index contributed by atoms with van der Waals surface area (Å²) in [6, 6.07) is 16.4. The van der Waals surface area contributed by atoms with E-state index in [2.05, 4.69) is 20.3 Å². The Hall–Kier alpha value is -3.17. The van der Waals surface area contributed by atoms with Gasteiger partial charge in [-0.05, 0) is 43.3 Å². The van der Waals surface area contributed by atoms with E-state index in [0.29, 0.717) is 16.0 Å². The van der Waals surface area contributed by atoms with Crippen molar-refractivity contribution in [2.24, 2.45) is 0 Å². The van der Waals surface area contributed by atoms with Gasteiger partial charge in [-0.25, -0.2) is 9.97 Å². The summed E-state index contributed by atoms with van der Waals surface area (Å²) in [6.07, 6.45) is 0. The second kappa shape index (κ2) is 8.68. The summed E-state index contributed by atoms with van der Waals surface area (Å²) in [6.45, 7) is 1.76. The standard InChI is InChI=1S/C21H18N4O3S2/c1-12(19(27)25-21-22-15-5-3-4-6-17(15)30-21)29-20-23-16(11-18(26)24-20)13-7-9-14(28-2)10-8-13/h3-12H,1-2H3,(H,22,25,27)(H,23,24,26). The van der Waals surface area contributed by atoms with E-state index in [1.54, 1.807) is 26.2 Å². The number of rotatable bonds is 6. The third kappa shape index (κ3) is 4.52. The molecule has 0 aliphatic rings. The van der Waals surface area contributed by atoms with Gasteiger partial charge in [-0.2, -0.15) is 0 Å². The van der Waals surface area contributed by atoms with Gasteiger partial charge in [0, 0.05) is 11.6 Å². The third-order valence-electron chi connectivity index (χ3n) is 4.29. The highest BCUT2D eigenvalue weighted by molar-refractivity contribution is 8.00. The van der Waals surface area contributed by atoms with Crippen molar-refractivity contribution >= 4 is 44.4 Å². The number of H-pyrrole nitrogens is 1. The maximum absolute atomic E-state index is 12.6. The van der Waals surface area contributed by atoms with Gasteiger partial charge in [-0.3, -0.25) is 9.59 Å². The Morgan fingerprint density at radius 3 is 2.67 bits per heavy atom. The molecule has 0 radical (unpaired) electrons. The van der Waals surface area contributed by atoms with Gasteiger partial charge in [0.1, 0.15) is 5.75 Å². The SMILES string of the molecule is COc1ccc(-c2cc(=O)[nH]c(SC(C)C(=O)Nc3nc4ccccc4s3)n2)cc1. The van der Waals surface area contributed by atoms with Crippen LogP contribution in [0.2, 0.25) is 0 Å². The molecule has 0 bridgehead atoms. The smallest absolute Gasteiger partial charge is 0.252 e. The first-order valence-corrected chi connectivity index (χ1v) is 10.8. The lowest BCUT2D eigenvalue weighted by molar-refractivity contribution is -0.115. The Morgan fingerprint density at radius 1 is 1.17 bits per heavy atom. The minimum Gasteiger partial charge on any atom is -0.497 e. The number of benzene rings is 2. The minimum atomic E-state index is -0.480. The Morgan fingerprint density at radius 2 is 1.93 bits per heavy atom. The zero-order valence-electron chi connectivity index (χ0n) is 16.2. The number of nitrogens with zero attached hydrogens (tertiary/aromatic N) is 2. The lowest BCUT2D eigenvalue weighted by Crippen LogP contribution is -2.23. The summed E-state index contributed by atoms with van der Waals surface area (Å²) >= 11 is 2.60. The number of aromatic amines is 1. The van der Waals surface area contributed by atoms with E-state index >= 15 is 0 Å². The normalized spacial score (nSPS) is 11.9. The number of hydrogen-bond donors (Lipinski definition) is 2. The van der Waals surface area contributed by atoms with Crippen molar-refractivity contribution in [3.63, 3.8) is 0 Å². The molecule has 2 heterocycles. The van der Waals surface area contributed by atoms with Crippen LogP contribution in [0.15, 0.2) is 64.5 Å². The van der Waals surface area contributed by atoms with Gasteiger partial charge in [0.2, 0.25) is 5.91 Å². The number of amides is 1. The van der Waals surface area contributed by atoms with Crippen molar-refractivity contribution in [2.45, 2.75) is 17.3 Å². The molecule has 0 fully saturated rings. The average Bonchev–Trinajstić information content (AvgIpc) is 3.15. The van der Waals surface area contributed by atoms with Crippen LogP contribution in [0.5, 0.6) is 5.75 Å². The summed E-state index contributed by atoms with van der Waals surface area (Å²) < 4.78 is 6.16. The number of fused-ring (bicyclic) bond motifs is 1. The predicted molar refractivity (Wildman–Crippen MR) is 120 cm³/mol. The summed E-state index contributed by atoms with van der Waals surface area (Å²) in [5.74, 6) is 0.509. The van der Waals surface area contributed by atoms with E-state index < -0.39 is 5.25 Å². The molecule has 2 aromatic carbocycles. The highest BCUT2D eigenvalue weighted by Crippen LogP contribution is 2.27. The lowest BCUT2D eigenvalue weighted by Gasteiger charge is -2.10. The van der Waals surface area contributed by atoms with E-state index in [-0.39, 0.29) is 11.5 Å². The summed E-state index contributed by atoms with van der Waals surface area (Å²) in [5, 5.41) is 3.28. The molecule has 2 N–H and O–H groups in total. The van der Waals surface area contributed by atoms with Crippen molar-refractivity contribution in [2.75, 3.05) is 12.4 Å². The predicted octanol–water partition coefficient (Wildman–Crippen LogP) is 4.17. The van der Waals surface area contributed by atoms with Crippen LogP contribution < -0.4 is 15.6 Å². The highest BCUT2D eigenvalue weighted by Gasteiger charge is 2.18. The van der Waals surface area contributed by atoms with Crippen molar-refractivity contribution in [1.29, 1.82) is 0 Å². The quantitative estimate of drug-likeness (QED) is 0.346. The lowest BCUT2D eigenvalue weighted by atomic mass is 10.1. The molecule has 2 aromatic heterocycles. The number of aromatic nitrogens is 3. The van der Waals surface area contributed by atoms with Crippen LogP contribution in [-0.2, 0) is 4.79 Å². The van der Waals surface area contributed by atoms with Crippen LogP contribution in [0.4, 0.5) is 5.13 Å². The van der Waals surface area contributed by atoms with Crippen molar-refractivity contribution in [1.82, 2.24) is 15.0 Å². The molecule has 0 saturated heterocycles. The van der Waals surface area contributed by atoms with Crippen LogP contribution in [0, 0.1) is 0 Å². The molecule has 7 nitrogen and oxygen atoms in total. The number of nitrogens with one attached hydrogen (secondary N) is 2. The zero-order valence-corrected chi connectivity index (χ0v) is 17.8. The van der Waals surface area contributed by atoms with Crippen molar-refractivity contribution in [3.8, 4) is 17.0 Å². The number of thioether (sulfide) groups is 1. The fraction of sp³-hybridized carbons (Fsp3) is 0.143. The molecule has 152 valence electrons. The maximum atomic E-state index is 12.6. The molecule has 1 unspecified atom stereocenters. The summed E-state index contributed by atoms with van der Waals surface area (Å²) in [5.41, 5.74) is 1.88. The molecule has 30 heavy (non-hydrogen) atoms. The first-order valence-electron chi connectivity index (χ1n) is 9.11. The molecular formula is C21H18N4O3S2. The molecule has 4 rings (SSSR count). The van der Waals surface area contributed by atoms with Crippen molar-refractivity contribution < 1.29 is 9.53 Å². The molecule has 1 amide bonds. The third-order valence-corrected chi connectivity index (χ3v) is 6.22.